The minimum atomic E-state index is -0.266. The van der Waals surface area contributed by atoms with Gasteiger partial charge in [-0.25, -0.2) is 0 Å². The Morgan fingerprint density at radius 3 is 2.88 bits per heavy atom. The summed E-state index contributed by atoms with van der Waals surface area (Å²) >= 11 is 5.30. The fourth-order valence-corrected chi connectivity index (χ4v) is 1.70. The molecule has 0 aromatic heterocycles. The number of allylic oxidation sites excluding steroid dienone is 4. The Morgan fingerprint density at radius 2 is 2.29 bits per heavy atom. The minimum absolute atomic E-state index is 0.266. The van der Waals surface area contributed by atoms with E-state index >= 15 is 0 Å². The molecule has 0 unspecified atom stereocenters. The summed E-state index contributed by atoms with van der Waals surface area (Å²) in [6.07, 6.45) is 8.07. The van der Waals surface area contributed by atoms with Crippen molar-refractivity contribution in [3.8, 4) is 0 Å². The largest absolute Gasteiger partial charge is 0.489 e. The van der Waals surface area contributed by atoms with E-state index in [1.165, 1.54) is 0 Å². The zero-order chi connectivity index (χ0) is 12.8. The van der Waals surface area contributed by atoms with E-state index in [1.54, 1.807) is 6.08 Å². The third-order valence-corrected chi connectivity index (χ3v) is 3.00. The molecule has 1 atom stereocenters. The lowest BCUT2D eigenvalue weighted by Crippen LogP contribution is -2.40. The maximum atomic E-state index is 5.91. The van der Waals surface area contributed by atoms with Crippen LogP contribution in [0.4, 0.5) is 0 Å². The first-order valence-electron chi connectivity index (χ1n) is 5.42. The van der Waals surface area contributed by atoms with Crippen molar-refractivity contribution in [1.82, 2.24) is 4.90 Å². The summed E-state index contributed by atoms with van der Waals surface area (Å²) in [4.78, 5) is 2.55. The Morgan fingerprint density at radius 1 is 1.59 bits per heavy atom. The summed E-state index contributed by atoms with van der Waals surface area (Å²) in [6, 6.07) is -0.266. The summed E-state index contributed by atoms with van der Waals surface area (Å²) in [6.45, 7) is 7.76. The molecule has 0 amide bonds. The smallest absolute Gasteiger partial charge is 0.142 e. The van der Waals surface area contributed by atoms with Crippen LogP contribution in [0.15, 0.2) is 48.9 Å². The maximum absolute atomic E-state index is 5.91. The Labute approximate surface area is 108 Å². The third kappa shape index (κ3) is 3.28. The molecule has 0 aromatic rings. The molecule has 0 aromatic carbocycles. The van der Waals surface area contributed by atoms with Gasteiger partial charge in [0.15, 0.2) is 0 Å². The van der Waals surface area contributed by atoms with Crippen LogP contribution in [0.2, 0.25) is 0 Å². The number of hydrogen-bond acceptors (Lipinski definition) is 3. The summed E-state index contributed by atoms with van der Waals surface area (Å²) < 4.78 is 5.64. The van der Waals surface area contributed by atoms with E-state index in [1.807, 2.05) is 30.2 Å². The van der Waals surface area contributed by atoms with Gasteiger partial charge in [0.25, 0.3) is 0 Å². The summed E-state index contributed by atoms with van der Waals surface area (Å²) in [5, 5.41) is 0. The summed E-state index contributed by atoms with van der Waals surface area (Å²) in [7, 11) is 1.89. The first kappa shape index (κ1) is 13.7. The van der Waals surface area contributed by atoms with E-state index < -0.39 is 0 Å². The molecule has 0 bridgehead atoms. The van der Waals surface area contributed by atoms with Crippen molar-refractivity contribution in [3.05, 3.63) is 48.9 Å². The van der Waals surface area contributed by atoms with E-state index in [0.29, 0.717) is 11.6 Å². The molecule has 1 heterocycles. The average molecular weight is 250 g/mol. The van der Waals surface area contributed by atoms with E-state index in [-0.39, 0.29) is 6.04 Å². The van der Waals surface area contributed by atoms with Gasteiger partial charge in [-0.15, -0.1) is 6.58 Å². The van der Waals surface area contributed by atoms with Gasteiger partial charge in [-0.3, -0.25) is 0 Å². The van der Waals surface area contributed by atoms with Crippen LogP contribution in [0.25, 0.3) is 0 Å². The molecule has 0 saturated carbocycles. The second kappa shape index (κ2) is 6.37. The van der Waals surface area contributed by atoms with Crippen LogP contribution in [0.5, 0.6) is 0 Å². The average Bonchev–Trinajstić information content (AvgIpc) is 2.42. The van der Waals surface area contributed by atoms with E-state index in [9.17, 15) is 0 Å². The molecule has 1 aliphatic heterocycles. The van der Waals surface area contributed by atoms with E-state index in [4.69, 9.17) is 22.7 Å². The Kier molecular flexibility index (Phi) is 5.12. The molecule has 1 rings (SSSR count). The van der Waals surface area contributed by atoms with Gasteiger partial charge < -0.3 is 15.4 Å². The molecule has 0 aliphatic carbocycles. The van der Waals surface area contributed by atoms with Crippen molar-refractivity contribution in [3.63, 3.8) is 0 Å². The van der Waals surface area contributed by atoms with Crippen molar-refractivity contribution in [2.45, 2.75) is 12.5 Å². The molecule has 4 heteroatoms. The number of ether oxygens (including phenoxy) is 1. The highest BCUT2D eigenvalue weighted by atomic mass is 32.1. The van der Waals surface area contributed by atoms with Gasteiger partial charge in [0, 0.05) is 7.05 Å². The fourth-order valence-electron chi connectivity index (χ4n) is 1.53. The first-order chi connectivity index (χ1) is 8.11. The molecule has 1 fully saturated rings. The fraction of sp³-hybridized carbons (Fsp3) is 0.308. The summed E-state index contributed by atoms with van der Waals surface area (Å²) in [5.41, 5.74) is 6.81. The van der Waals surface area contributed by atoms with Crippen molar-refractivity contribution < 1.29 is 4.74 Å². The predicted molar refractivity (Wildman–Crippen MR) is 75.5 cm³/mol. The molecule has 17 heavy (non-hydrogen) atoms. The lowest BCUT2D eigenvalue weighted by Gasteiger charge is -2.21. The lowest BCUT2D eigenvalue weighted by molar-refractivity contribution is 0.220. The SMILES string of the molecule is C=C/C=C1/OC[C@H](N)C(=S)N(C)/C1=C/CC=C. The molecule has 1 aliphatic rings. The predicted octanol–water partition coefficient (Wildman–Crippen LogP) is 2.13. The molecule has 0 radical (unpaired) electrons. The zero-order valence-corrected chi connectivity index (χ0v) is 10.9. The normalized spacial score (nSPS) is 25.6. The highest BCUT2D eigenvalue weighted by Gasteiger charge is 2.24. The Hall–Kier alpha value is -1.39. The van der Waals surface area contributed by atoms with Crippen LogP contribution in [0.1, 0.15) is 6.42 Å². The number of thiocarbonyl (C=S) groups is 1. The van der Waals surface area contributed by atoms with Crippen LogP contribution < -0.4 is 5.73 Å². The minimum Gasteiger partial charge on any atom is -0.489 e. The zero-order valence-electron chi connectivity index (χ0n) is 10.1. The van der Waals surface area contributed by atoms with Crippen LogP contribution in [0, 0.1) is 0 Å². The highest BCUT2D eigenvalue weighted by molar-refractivity contribution is 7.80. The van der Waals surface area contributed by atoms with E-state index in [2.05, 4.69) is 13.2 Å². The van der Waals surface area contributed by atoms with Gasteiger partial charge in [0.05, 0.1) is 11.7 Å². The Bertz CT molecular complexity index is 385. The molecular formula is C13H18N2OS. The Balaban J connectivity index is 3.13. The number of rotatable bonds is 3. The molecule has 0 spiro atoms. The standard InChI is InChI=1S/C13H18N2OS/c1-4-6-8-11-12(7-5-2)16-9-10(14)13(17)15(11)3/h4-5,7-8,10H,1-2,6,9,14H2,3H3/b11-8+,12-7+/t10-/m0/s1. The number of hydrogen-bond donors (Lipinski definition) is 1. The van der Waals surface area contributed by atoms with Gasteiger partial charge in [0.1, 0.15) is 17.4 Å². The van der Waals surface area contributed by atoms with Gasteiger partial charge >= 0.3 is 0 Å². The number of nitrogens with two attached hydrogens (primary N) is 1. The molecule has 1 saturated heterocycles. The highest BCUT2D eigenvalue weighted by Crippen LogP contribution is 2.21. The quantitative estimate of drug-likeness (QED) is 0.615. The summed E-state index contributed by atoms with van der Waals surface area (Å²) in [5.74, 6) is 0.736. The van der Waals surface area contributed by atoms with Gasteiger partial charge in [-0.2, -0.15) is 0 Å². The molecular weight excluding hydrogens is 232 g/mol. The van der Waals surface area contributed by atoms with Crippen LogP contribution in [0.3, 0.4) is 0 Å². The van der Waals surface area contributed by atoms with Gasteiger partial charge in [0.2, 0.25) is 0 Å². The molecule has 92 valence electrons. The number of nitrogens with zero attached hydrogens (tertiary/aromatic N) is 1. The van der Waals surface area contributed by atoms with Crippen molar-refractivity contribution in [1.29, 1.82) is 0 Å². The number of likely N-dealkylation sites (N-methyl/N-ethyl adjacent to an activating group) is 1. The second-order valence-corrected chi connectivity index (χ2v) is 4.11. The first-order valence-corrected chi connectivity index (χ1v) is 5.82. The van der Waals surface area contributed by atoms with Gasteiger partial charge in [-0.05, 0) is 12.5 Å². The van der Waals surface area contributed by atoms with E-state index in [0.717, 1.165) is 17.9 Å². The van der Waals surface area contributed by atoms with Crippen molar-refractivity contribution >= 4 is 17.2 Å². The third-order valence-electron chi connectivity index (χ3n) is 2.43. The molecule has 3 nitrogen and oxygen atoms in total. The topological polar surface area (TPSA) is 38.5 Å². The molecule has 2 N–H and O–H groups in total. The van der Waals surface area contributed by atoms with Crippen LogP contribution >= 0.6 is 12.2 Å². The van der Waals surface area contributed by atoms with Crippen molar-refractivity contribution in [2.24, 2.45) is 5.73 Å². The van der Waals surface area contributed by atoms with Crippen molar-refractivity contribution in [2.75, 3.05) is 13.7 Å². The monoisotopic (exact) mass is 250 g/mol. The van der Waals surface area contributed by atoms with Crippen LogP contribution in [-0.4, -0.2) is 29.6 Å². The van der Waals surface area contributed by atoms with Gasteiger partial charge in [-0.1, -0.05) is 37.0 Å². The maximum Gasteiger partial charge on any atom is 0.142 e. The lowest BCUT2D eigenvalue weighted by atomic mass is 10.2. The second-order valence-electron chi connectivity index (χ2n) is 3.70. The van der Waals surface area contributed by atoms with Crippen LogP contribution in [-0.2, 0) is 4.74 Å².